The molecule has 4 heteroatoms. The van der Waals surface area contributed by atoms with E-state index in [1.165, 1.54) is 0 Å². The fourth-order valence-corrected chi connectivity index (χ4v) is 0.955. The fourth-order valence-electron chi connectivity index (χ4n) is 0.955. The molecular weight excluding hydrogens is 273 g/mol. The van der Waals surface area contributed by atoms with Gasteiger partial charge in [0.2, 0.25) is 0 Å². The predicted octanol–water partition coefficient (Wildman–Crippen LogP) is -0.275. The molecule has 70 valence electrons. The van der Waals surface area contributed by atoms with Gasteiger partial charge in [0.25, 0.3) is 0 Å². The second-order valence-electron chi connectivity index (χ2n) is 2.63. The summed E-state index contributed by atoms with van der Waals surface area (Å²) in [6.07, 6.45) is 0.385. The van der Waals surface area contributed by atoms with Gasteiger partial charge in [0.15, 0.2) is 0 Å². The third kappa shape index (κ3) is 4.28. The number of carboxylic acid groups (broad SMARTS) is 1. The molecule has 0 saturated heterocycles. The second-order valence-corrected chi connectivity index (χ2v) is 2.63. The Hall–Kier alpha value is -0.551. The van der Waals surface area contributed by atoms with Crippen molar-refractivity contribution in [3.05, 3.63) is 35.9 Å². The van der Waals surface area contributed by atoms with E-state index in [-0.39, 0.29) is 23.9 Å². The van der Waals surface area contributed by atoms with Crippen LogP contribution in [-0.2, 0) is 11.2 Å². The topological polar surface area (TPSA) is 63.3 Å². The zero-order valence-electron chi connectivity index (χ0n) is 7.31. The van der Waals surface area contributed by atoms with Crippen LogP contribution in [0.15, 0.2) is 30.3 Å². The first-order valence-electron chi connectivity index (χ1n) is 3.72. The molecule has 1 unspecified atom stereocenters. The van der Waals surface area contributed by atoms with Crippen molar-refractivity contribution in [3.8, 4) is 0 Å². The van der Waals surface area contributed by atoms with Gasteiger partial charge >= 0.3 is 29.9 Å². The van der Waals surface area contributed by atoms with E-state index in [2.05, 4.69) is 0 Å². The summed E-state index contributed by atoms with van der Waals surface area (Å²) >= 11 is 0. The summed E-state index contributed by atoms with van der Waals surface area (Å²) in [7, 11) is 0. The Kier molecular flexibility index (Phi) is 5.73. The second kappa shape index (κ2) is 5.99. The van der Waals surface area contributed by atoms with Crippen molar-refractivity contribution in [1.82, 2.24) is 0 Å². The molecule has 0 fully saturated rings. The third-order valence-electron chi connectivity index (χ3n) is 1.62. The van der Waals surface area contributed by atoms with Gasteiger partial charge in [0, 0.05) is 0 Å². The number of benzene rings is 1. The summed E-state index contributed by atoms with van der Waals surface area (Å²) < 4.78 is 0. The molecule has 0 aliphatic heterocycles. The third-order valence-corrected chi connectivity index (χ3v) is 1.62. The van der Waals surface area contributed by atoms with Crippen molar-refractivity contribution in [2.75, 3.05) is 0 Å². The Morgan fingerprint density at radius 1 is 1.38 bits per heavy atom. The predicted molar refractivity (Wildman–Crippen MR) is 54.3 cm³/mol. The molecule has 3 nitrogen and oxygen atoms in total. The van der Waals surface area contributed by atoms with E-state index in [0.29, 0.717) is 6.42 Å². The van der Waals surface area contributed by atoms with Crippen LogP contribution in [0, 0.1) is 0 Å². The Morgan fingerprint density at radius 3 is 2.38 bits per heavy atom. The molecule has 2 radical (unpaired) electrons. The summed E-state index contributed by atoms with van der Waals surface area (Å²) in [6.45, 7) is 0. The van der Waals surface area contributed by atoms with Crippen molar-refractivity contribution in [3.63, 3.8) is 0 Å². The summed E-state index contributed by atoms with van der Waals surface area (Å²) in [5, 5.41) is 8.52. The van der Waals surface area contributed by atoms with E-state index in [4.69, 9.17) is 10.8 Å². The van der Waals surface area contributed by atoms with Crippen molar-refractivity contribution < 1.29 is 9.90 Å². The van der Waals surface area contributed by atoms with Crippen LogP contribution in [0.4, 0.5) is 0 Å². The number of carbonyl (C=O) groups is 1. The molecule has 0 bridgehead atoms. The molecule has 0 heterocycles. The van der Waals surface area contributed by atoms with Crippen LogP contribution < -0.4 is 5.73 Å². The average Bonchev–Trinajstić information content (AvgIpc) is 2.06. The first-order valence-corrected chi connectivity index (χ1v) is 3.72. The van der Waals surface area contributed by atoms with Crippen LogP contribution in [0.2, 0.25) is 0 Å². The van der Waals surface area contributed by atoms with E-state index in [0.717, 1.165) is 5.56 Å². The van der Waals surface area contributed by atoms with Gasteiger partial charge in [-0.3, -0.25) is 4.79 Å². The number of hydrogen-bond acceptors (Lipinski definition) is 2. The molecule has 0 aliphatic rings. The van der Waals surface area contributed by atoms with E-state index < -0.39 is 12.0 Å². The summed E-state index contributed by atoms with van der Waals surface area (Å²) in [6, 6.07) is 8.54. The number of hydrogen-bond donors (Lipinski definition) is 2. The molecule has 0 amide bonds. The molecule has 0 aromatic heterocycles. The van der Waals surface area contributed by atoms with Crippen LogP contribution in [0.25, 0.3) is 0 Å². The molecule has 1 aromatic rings. The van der Waals surface area contributed by atoms with Gasteiger partial charge < -0.3 is 10.8 Å². The minimum absolute atomic E-state index is 0. The number of nitrogens with two attached hydrogens (primary N) is 1. The van der Waals surface area contributed by atoms with E-state index in [9.17, 15) is 4.79 Å². The minimum atomic E-state index is -0.959. The molecule has 0 saturated carbocycles. The average molecular weight is 286 g/mol. The summed E-state index contributed by atoms with van der Waals surface area (Å²) in [5.41, 5.74) is 6.30. The number of carboxylic acids is 1. The molecule has 0 spiro atoms. The molecule has 1 rings (SSSR count). The van der Waals surface area contributed by atoms with Crippen molar-refractivity contribution in [2.45, 2.75) is 12.5 Å². The normalized spacial score (nSPS) is 11.5. The Labute approximate surface area is 93.9 Å². The van der Waals surface area contributed by atoms with Crippen molar-refractivity contribution in [2.24, 2.45) is 5.73 Å². The standard InChI is InChI=1S/C9H11NO2.Sn.2H/c10-8(9(11)12)6-7-4-2-1-3-5-7;;;/h1-5,8H,6,10H2,(H,11,12);;;. The van der Waals surface area contributed by atoms with Crippen molar-refractivity contribution in [1.29, 1.82) is 0 Å². The van der Waals surface area contributed by atoms with Crippen LogP contribution in [0.5, 0.6) is 0 Å². The van der Waals surface area contributed by atoms with Gasteiger partial charge in [0.05, 0.1) is 0 Å². The molecule has 3 N–H and O–H groups in total. The Balaban J connectivity index is 0.00000144. The number of rotatable bonds is 3. The van der Waals surface area contributed by atoms with Gasteiger partial charge in [-0.25, -0.2) is 0 Å². The maximum absolute atomic E-state index is 10.4. The SMILES string of the molecule is NC(Cc1ccccc1)C(=O)O.[SnH2]. The fraction of sp³-hybridized carbons (Fsp3) is 0.222. The van der Waals surface area contributed by atoms with Gasteiger partial charge in [-0.05, 0) is 12.0 Å². The van der Waals surface area contributed by atoms with E-state index in [1.807, 2.05) is 30.3 Å². The van der Waals surface area contributed by atoms with E-state index in [1.54, 1.807) is 0 Å². The monoisotopic (exact) mass is 287 g/mol. The quantitative estimate of drug-likeness (QED) is 0.751. The Bertz CT molecular complexity index is 264. The van der Waals surface area contributed by atoms with Crippen molar-refractivity contribution >= 4 is 29.9 Å². The zero-order valence-corrected chi connectivity index (χ0v) is 11.3. The van der Waals surface area contributed by atoms with E-state index >= 15 is 0 Å². The van der Waals surface area contributed by atoms with Gasteiger partial charge in [-0.2, -0.15) is 0 Å². The zero-order chi connectivity index (χ0) is 8.97. The first kappa shape index (κ1) is 12.4. The summed E-state index contributed by atoms with van der Waals surface area (Å²) in [4.78, 5) is 10.4. The molecule has 1 atom stereocenters. The first-order chi connectivity index (χ1) is 5.70. The molecule has 1 aromatic carbocycles. The van der Waals surface area contributed by atoms with Gasteiger partial charge in [-0.1, -0.05) is 30.3 Å². The van der Waals surface area contributed by atoms with Crippen LogP contribution in [0.1, 0.15) is 5.56 Å². The molecule has 13 heavy (non-hydrogen) atoms. The molecular formula is C9H13NO2Sn. The number of aliphatic carboxylic acids is 1. The van der Waals surface area contributed by atoms with Crippen LogP contribution >= 0.6 is 0 Å². The Morgan fingerprint density at radius 2 is 1.92 bits per heavy atom. The summed E-state index contributed by atoms with van der Waals surface area (Å²) in [5.74, 6) is -0.959. The van der Waals surface area contributed by atoms with Gasteiger partial charge in [0.1, 0.15) is 6.04 Å². The maximum atomic E-state index is 10.4. The molecule has 0 aliphatic carbocycles. The van der Waals surface area contributed by atoms with Gasteiger partial charge in [-0.15, -0.1) is 0 Å². The van der Waals surface area contributed by atoms with Crippen LogP contribution in [-0.4, -0.2) is 41.0 Å². The van der Waals surface area contributed by atoms with Crippen LogP contribution in [0.3, 0.4) is 0 Å².